The van der Waals surface area contributed by atoms with Gasteiger partial charge >= 0.3 is 11.8 Å². The Hall–Kier alpha value is -3.41. The zero-order valence-electron chi connectivity index (χ0n) is 15.6. The molecule has 0 aliphatic carbocycles. The summed E-state index contributed by atoms with van der Waals surface area (Å²) < 4.78 is 5.88. The lowest BCUT2D eigenvalue weighted by molar-refractivity contribution is -0.156. The van der Waals surface area contributed by atoms with Crippen LogP contribution < -0.4 is 0 Å². The van der Waals surface area contributed by atoms with Crippen LogP contribution in [-0.2, 0) is 16.1 Å². The van der Waals surface area contributed by atoms with E-state index in [0.717, 1.165) is 5.39 Å². The van der Waals surface area contributed by atoms with Gasteiger partial charge in [-0.05, 0) is 13.0 Å². The fourth-order valence-corrected chi connectivity index (χ4v) is 3.52. The number of hydrogen-bond donors (Lipinski definition) is 0. The first kappa shape index (κ1) is 18.0. The highest BCUT2D eigenvalue weighted by Gasteiger charge is 2.33. The van der Waals surface area contributed by atoms with Crippen molar-refractivity contribution in [2.24, 2.45) is 0 Å². The Morgan fingerprint density at radius 3 is 2.32 bits per heavy atom. The van der Waals surface area contributed by atoms with Crippen molar-refractivity contribution in [3.05, 3.63) is 71.5 Å². The Bertz CT molecular complexity index is 1050. The molecule has 1 aromatic heterocycles. The summed E-state index contributed by atoms with van der Waals surface area (Å²) >= 11 is 0. The van der Waals surface area contributed by atoms with E-state index >= 15 is 0 Å². The van der Waals surface area contributed by atoms with E-state index in [1.807, 2.05) is 31.2 Å². The first-order valence-corrected chi connectivity index (χ1v) is 9.28. The van der Waals surface area contributed by atoms with Gasteiger partial charge in [0.1, 0.15) is 5.58 Å². The average molecular weight is 376 g/mol. The number of fused-ring (bicyclic) bond motifs is 1. The largest absolute Gasteiger partial charge is 0.452 e. The molecule has 142 valence electrons. The highest BCUT2D eigenvalue weighted by atomic mass is 16.3. The first-order valence-electron chi connectivity index (χ1n) is 9.28. The third kappa shape index (κ3) is 3.07. The monoisotopic (exact) mass is 376 g/mol. The van der Waals surface area contributed by atoms with Gasteiger partial charge in [-0.15, -0.1) is 0 Å². The molecule has 1 fully saturated rings. The Morgan fingerprint density at radius 2 is 1.57 bits per heavy atom. The molecule has 28 heavy (non-hydrogen) atoms. The molecule has 1 saturated heterocycles. The van der Waals surface area contributed by atoms with Crippen molar-refractivity contribution in [1.82, 2.24) is 9.80 Å². The van der Waals surface area contributed by atoms with Crippen LogP contribution in [0.25, 0.3) is 11.0 Å². The van der Waals surface area contributed by atoms with Crippen LogP contribution in [0.1, 0.15) is 28.6 Å². The molecule has 2 heterocycles. The number of furan rings is 1. The smallest absolute Gasteiger partial charge is 0.312 e. The van der Waals surface area contributed by atoms with E-state index < -0.39 is 11.8 Å². The lowest BCUT2D eigenvalue weighted by Gasteiger charge is -2.33. The Kier molecular flexibility index (Phi) is 4.69. The zero-order chi connectivity index (χ0) is 19.7. The average Bonchev–Trinajstić information content (AvgIpc) is 3.10. The lowest BCUT2D eigenvalue weighted by atomic mass is 10.0. The van der Waals surface area contributed by atoms with Gasteiger partial charge in [0.2, 0.25) is 5.78 Å². The second-order valence-electron chi connectivity index (χ2n) is 6.71. The van der Waals surface area contributed by atoms with Gasteiger partial charge in [0.25, 0.3) is 0 Å². The van der Waals surface area contributed by atoms with Crippen LogP contribution in [0.2, 0.25) is 0 Å². The second-order valence-corrected chi connectivity index (χ2v) is 6.71. The number of hydrogen-bond acceptors (Lipinski definition) is 4. The summed E-state index contributed by atoms with van der Waals surface area (Å²) in [5.74, 6) is -1.07. The molecule has 0 spiro atoms. The molecule has 0 atom stereocenters. The van der Waals surface area contributed by atoms with Gasteiger partial charge in [0, 0.05) is 36.1 Å². The van der Waals surface area contributed by atoms with Crippen LogP contribution in [0.15, 0.2) is 59.0 Å². The van der Waals surface area contributed by atoms with Crippen LogP contribution in [0.4, 0.5) is 0 Å². The van der Waals surface area contributed by atoms with E-state index in [2.05, 4.69) is 0 Å². The molecule has 2 aromatic carbocycles. The van der Waals surface area contributed by atoms with Gasteiger partial charge in [-0.2, -0.15) is 0 Å². The fourth-order valence-electron chi connectivity index (χ4n) is 3.52. The molecule has 0 unspecified atom stereocenters. The molecular formula is C22H20N2O4. The normalized spacial score (nSPS) is 14.8. The Morgan fingerprint density at radius 1 is 0.929 bits per heavy atom. The van der Waals surface area contributed by atoms with E-state index in [1.54, 1.807) is 30.3 Å². The van der Waals surface area contributed by atoms with Crippen LogP contribution in [0, 0.1) is 0 Å². The highest BCUT2D eigenvalue weighted by Crippen LogP contribution is 2.29. The fraction of sp³-hybridized carbons (Fsp3) is 0.227. The van der Waals surface area contributed by atoms with Gasteiger partial charge in [-0.3, -0.25) is 14.4 Å². The quantitative estimate of drug-likeness (QED) is 0.507. The molecule has 1 aliphatic heterocycles. The SMILES string of the molecule is CCN1CCN(Cc2c(C(=O)c3ccccc3)oc3ccccc23)C(=O)C1=O. The summed E-state index contributed by atoms with van der Waals surface area (Å²) in [5.41, 5.74) is 1.74. The first-order chi connectivity index (χ1) is 13.6. The van der Waals surface area contributed by atoms with E-state index in [9.17, 15) is 14.4 Å². The molecule has 0 bridgehead atoms. The number of amides is 2. The van der Waals surface area contributed by atoms with E-state index in [-0.39, 0.29) is 18.1 Å². The number of benzene rings is 2. The van der Waals surface area contributed by atoms with Gasteiger partial charge in [0.15, 0.2) is 5.76 Å². The number of carbonyl (C=O) groups is 3. The minimum absolute atomic E-state index is 0.160. The maximum atomic E-state index is 13.1. The van der Waals surface area contributed by atoms with Crippen LogP contribution >= 0.6 is 0 Å². The van der Waals surface area contributed by atoms with Crippen molar-refractivity contribution in [3.8, 4) is 0 Å². The zero-order valence-corrected chi connectivity index (χ0v) is 15.6. The van der Waals surface area contributed by atoms with Crippen LogP contribution in [-0.4, -0.2) is 47.0 Å². The maximum Gasteiger partial charge on any atom is 0.312 e. The van der Waals surface area contributed by atoms with Crippen molar-refractivity contribution in [2.45, 2.75) is 13.5 Å². The molecule has 0 radical (unpaired) electrons. The second kappa shape index (κ2) is 7.31. The van der Waals surface area contributed by atoms with E-state index in [0.29, 0.717) is 36.3 Å². The molecule has 2 amide bonds. The topological polar surface area (TPSA) is 70.8 Å². The van der Waals surface area contributed by atoms with Crippen molar-refractivity contribution < 1.29 is 18.8 Å². The molecule has 6 heteroatoms. The number of likely N-dealkylation sites (N-methyl/N-ethyl adjacent to an activating group) is 1. The minimum Gasteiger partial charge on any atom is -0.452 e. The summed E-state index contributed by atoms with van der Waals surface area (Å²) in [5, 5.41) is 0.778. The number of para-hydroxylation sites is 1. The lowest BCUT2D eigenvalue weighted by Crippen LogP contribution is -2.53. The van der Waals surface area contributed by atoms with Crippen LogP contribution in [0.5, 0.6) is 0 Å². The highest BCUT2D eigenvalue weighted by molar-refractivity contribution is 6.35. The molecule has 1 aliphatic rings. The minimum atomic E-state index is -0.545. The van der Waals surface area contributed by atoms with Gasteiger partial charge in [-0.25, -0.2) is 0 Å². The third-order valence-electron chi connectivity index (χ3n) is 5.07. The number of rotatable bonds is 5. The number of nitrogens with zero attached hydrogens (tertiary/aromatic N) is 2. The Balaban J connectivity index is 1.73. The molecular weight excluding hydrogens is 356 g/mol. The van der Waals surface area contributed by atoms with Gasteiger partial charge in [-0.1, -0.05) is 48.5 Å². The number of carbonyl (C=O) groups excluding carboxylic acids is 3. The molecule has 0 N–H and O–H groups in total. The van der Waals surface area contributed by atoms with Gasteiger partial charge in [0.05, 0.1) is 6.54 Å². The molecule has 3 aromatic rings. The number of ketones is 1. The van der Waals surface area contributed by atoms with Crippen molar-refractivity contribution in [3.63, 3.8) is 0 Å². The standard InChI is InChI=1S/C22H20N2O4/c1-2-23-12-13-24(22(27)21(23)26)14-17-16-10-6-7-11-18(16)28-20(17)19(25)15-8-4-3-5-9-15/h3-11H,2,12-14H2,1H3. The maximum absolute atomic E-state index is 13.1. The summed E-state index contributed by atoms with van der Waals surface area (Å²) in [4.78, 5) is 40.8. The predicted octanol–water partition coefficient (Wildman–Crippen LogP) is 2.85. The van der Waals surface area contributed by atoms with Crippen molar-refractivity contribution >= 4 is 28.6 Å². The van der Waals surface area contributed by atoms with Crippen LogP contribution in [0.3, 0.4) is 0 Å². The summed E-state index contributed by atoms with van der Waals surface area (Å²) in [7, 11) is 0. The van der Waals surface area contributed by atoms with Crippen molar-refractivity contribution in [1.29, 1.82) is 0 Å². The summed E-state index contributed by atoms with van der Waals surface area (Å²) in [6.07, 6.45) is 0. The van der Waals surface area contributed by atoms with E-state index in [1.165, 1.54) is 9.80 Å². The van der Waals surface area contributed by atoms with E-state index in [4.69, 9.17) is 4.42 Å². The third-order valence-corrected chi connectivity index (χ3v) is 5.07. The molecule has 0 saturated carbocycles. The summed E-state index contributed by atoms with van der Waals surface area (Å²) in [6, 6.07) is 16.2. The number of piperazine rings is 1. The molecule has 4 rings (SSSR count). The van der Waals surface area contributed by atoms with Crippen molar-refractivity contribution in [2.75, 3.05) is 19.6 Å². The van der Waals surface area contributed by atoms with Gasteiger partial charge < -0.3 is 14.2 Å². The Labute approximate surface area is 162 Å². The summed E-state index contributed by atoms with van der Waals surface area (Å²) in [6.45, 7) is 3.43. The molecule has 6 nitrogen and oxygen atoms in total. The predicted molar refractivity (Wildman–Crippen MR) is 104 cm³/mol.